The summed E-state index contributed by atoms with van der Waals surface area (Å²) in [5.41, 5.74) is 1.37. The molecule has 2 aromatic heterocycles. The zero-order valence-corrected chi connectivity index (χ0v) is 5.64. The molecule has 0 saturated heterocycles. The van der Waals surface area contributed by atoms with Gasteiger partial charge in [0.15, 0.2) is 10.3 Å². The van der Waals surface area contributed by atoms with Gasteiger partial charge >= 0.3 is 0 Å². The Kier molecular flexibility index (Phi) is 1.01. The van der Waals surface area contributed by atoms with Gasteiger partial charge in [-0.15, -0.1) is 5.10 Å². The molecule has 50 valence electrons. The van der Waals surface area contributed by atoms with E-state index >= 15 is 0 Å². The lowest BCUT2D eigenvalue weighted by molar-refractivity contribution is 0.880. The molecule has 2 aromatic rings. The van der Waals surface area contributed by atoms with Gasteiger partial charge in [0.2, 0.25) is 0 Å². The number of hydrogen-bond acceptors (Lipinski definition) is 4. The summed E-state index contributed by atoms with van der Waals surface area (Å²) in [5, 5.41) is 9.74. The summed E-state index contributed by atoms with van der Waals surface area (Å²) in [6.07, 6.45) is 1.54. The predicted molar refractivity (Wildman–Crippen MR) is 36.9 cm³/mol. The highest BCUT2D eigenvalue weighted by atomic mass is 32.1. The third-order valence-electron chi connectivity index (χ3n) is 1.15. The van der Waals surface area contributed by atoms with Crippen molar-refractivity contribution in [2.24, 2.45) is 0 Å². The molecular weight excluding hydrogens is 150 g/mol. The first-order chi connectivity index (χ1) is 4.88. The quantitative estimate of drug-likeness (QED) is 0.538. The van der Waals surface area contributed by atoms with Gasteiger partial charge in [0.1, 0.15) is 5.52 Å². The van der Waals surface area contributed by atoms with Crippen LogP contribution in [0.15, 0.2) is 6.33 Å². The fraction of sp³-hybridized carbons (Fsp3) is 0. The molecule has 0 aliphatic rings. The van der Waals surface area contributed by atoms with Crippen LogP contribution in [-0.4, -0.2) is 25.4 Å². The maximum atomic E-state index is 4.84. The van der Waals surface area contributed by atoms with E-state index in [0.29, 0.717) is 10.3 Å². The second kappa shape index (κ2) is 1.84. The van der Waals surface area contributed by atoms with Crippen LogP contribution in [-0.2, 0) is 0 Å². The number of nitrogens with zero attached hydrogens (tertiary/aromatic N) is 3. The molecule has 2 rings (SSSR count). The van der Waals surface area contributed by atoms with Crippen molar-refractivity contribution in [2.45, 2.75) is 0 Å². The lowest BCUT2D eigenvalue weighted by atomic mass is 10.6. The summed E-state index contributed by atoms with van der Waals surface area (Å²) in [4.78, 5) is 6.74. The summed E-state index contributed by atoms with van der Waals surface area (Å²) < 4.78 is 0.436. The van der Waals surface area contributed by atoms with Crippen LogP contribution in [0.3, 0.4) is 0 Å². The van der Waals surface area contributed by atoms with Crippen molar-refractivity contribution >= 4 is 23.4 Å². The van der Waals surface area contributed by atoms with E-state index in [1.54, 1.807) is 6.33 Å². The Morgan fingerprint density at radius 1 is 1.50 bits per heavy atom. The van der Waals surface area contributed by atoms with Crippen LogP contribution in [0.25, 0.3) is 11.2 Å². The highest BCUT2D eigenvalue weighted by molar-refractivity contribution is 7.71. The molecular formula is C4H3N5S. The number of imidazole rings is 1. The van der Waals surface area contributed by atoms with Gasteiger partial charge in [0, 0.05) is 0 Å². The molecule has 0 aliphatic heterocycles. The molecule has 2 heterocycles. The standard InChI is InChI=1S/C4H3N5S/c10-4-2-3(6-1-5-2)7-9-8-4/h1H,(H2,5,6,7,8,10). The molecule has 0 amide bonds. The van der Waals surface area contributed by atoms with Crippen LogP contribution in [0.4, 0.5) is 0 Å². The van der Waals surface area contributed by atoms with Gasteiger partial charge in [-0.2, -0.15) is 0 Å². The summed E-state index contributed by atoms with van der Waals surface area (Å²) in [6.45, 7) is 0. The average molecular weight is 153 g/mol. The summed E-state index contributed by atoms with van der Waals surface area (Å²) >= 11 is 4.84. The van der Waals surface area contributed by atoms with Crippen molar-refractivity contribution < 1.29 is 0 Å². The molecule has 6 heteroatoms. The molecule has 0 unspecified atom stereocenters. The predicted octanol–water partition coefficient (Wildman–Crippen LogP) is 0.410. The Morgan fingerprint density at radius 3 is 3.20 bits per heavy atom. The fourth-order valence-electron chi connectivity index (χ4n) is 0.710. The lowest BCUT2D eigenvalue weighted by Crippen LogP contribution is -1.87. The molecule has 0 bridgehead atoms. The number of rotatable bonds is 0. The molecule has 5 nitrogen and oxygen atoms in total. The van der Waals surface area contributed by atoms with Crippen LogP contribution in [0.1, 0.15) is 0 Å². The number of aromatic nitrogens is 5. The number of aromatic amines is 2. The molecule has 0 atom stereocenters. The lowest BCUT2D eigenvalue weighted by Gasteiger charge is -1.82. The van der Waals surface area contributed by atoms with Crippen molar-refractivity contribution in [1.82, 2.24) is 25.4 Å². The zero-order valence-electron chi connectivity index (χ0n) is 4.83. The first kappa shape index (κ1) is 5.48. The van der Waals surface area contributed by atoms with Crippen LogP contribution in [0.5, 0.6) is 0 Å². The van der Waals surface area contributed by atoms with Gasteiger partial charge < -0.3 is 4.98 Å². The van der Waals surface area contributed by atoms with Crippen molar-refractivity contribution in [3.63, 3.8) is 0 Å². The molecule has 10 heavy (non-hydrogen) atoms. The normalized spacial score (nSPS) is 10.4. The third kappa shape index (κ3) is 0.623. The van der Waals surface area contributed by atoms with Crippen LogP contribution in [0.2, 0.25) is 0 Å². The molecule has 0 fully saturated rings. The Balaban J connectivity index is 3.09. The SMILES string of the molecule is S=c1nn[nH]c2nc[nH]c12. The molecule has 0 spiro atoms. The topological polar surface area (TPSA) is 70.2 Å². The van der Waals surface area contributed by atoms with E-state index in [2.05, 4.69) is 25.4 Å². The molecule has 2 N–H and O–H groups in total. The van der Waals surface area contributed by atoms with E-state index in [0.717, 1.165) is 5.52 Å². The maximum absolute atomic E-state index is 4.84. The van der Waals surface area contributed by atoms with E-state index in [4.69, 9.17) is 12.2 Å². The molecule has 0 radical (unpaired) electrons. The van der Waals surface area contributed by atoms with Gasteiger partial charge in [-0.05, 0) is 0 Å². The Labute approximate surface area is 60.5 Å². The van der Waals surface area contributed by atoms with Crippen LogP contribution in [0, 0.1) is 4.64 Å². The zero-order chi connectivity index (χ0) is 6.97. The highest BCUT2D eigenvalue weighted by Gasteiger charge is 1.95. The maximum Gasteiger partial charge on any atom is 0.177 e. The first-order valence-electron chi connectivity index (χ1n) is 2.62. The van der Waals surface area contributed by atoms with Gasteiger partial charge in [0.05, 0.1) is 6.33 Å². The second-order valence-corrected chi connectivity index (χ2v) is 2.13. The average Bonchev–Trinajstić information content (AvgIpc) is 2.36. The third-order valence-corrected chi connectivity index (χ3v) is 1.44. The van der Waals surface area contributed by atoms with Crippen molar-refractivity contribution in [3.8, 4) is 0 Å². The van der Waals surface area contributed by atoms with Crippen LogP contribution >= 0.6 is 12.2 Å². The van der Waals surface area contributed by atoms with E-state index in [9.17, 15) is 0 Å². The molecule has 0 aliphatic carbocycles. The molecule has 0 saturated carbocycles. The smallest absolute Gasteiger partial charge is 0.177 e. The second-order valence-electron chi connectivity index (χ2n) is 1.74. The first-order valence-corrected chi connectivity index (χ1v) is 3.03. The Hall–Kier alpha value is -1.30. The monoisotopic (exact) mass is 153 g/mol. The minimum absolute atomic E-state index is 0.436. The van der Waals surface area contributed by atoms with Gasteiger partial charge in [0.25, 0.3) is 0 Å². The van der Waals surface area contributed by atoms with Gasteiger partial charge in [-0.25, -0.2) is 10.1 Å². The molecule has 0 aromatic carbocycles. The van der Waals surface area contributed by atoms with Crippen molar-refractivity contribution in [2.75, 3.05) is 0 Å². The number of H-pyrrole nitrogens is 2. The van der Waals surface area contributed by atoms with Crippen molar-refractivity contribution in [1.29, 1.82) is 0 Å². The highest BCUT2D eigenvalue weighted by Crippen LogP contribution is 2.01. The fourth-order valence-corrected chi connectivity index (χ4v) is 0.906. The van der Waals surface area contributed by atoms with E-state index in [-0.39, 0.29) is 0 Å². The van der Waals surface area contributed by atoms with Gasteiger partial charge in [-0.1, -0.05) is 17.4 Å². The number of fused-ring (bicyclic) bond motifs is 1. The van der Waals surface area contributed by atoms with Gasteiger partial charge in [-0.3, -0.25) is 0 Å². The van der Waals surface area contributed by atoms with E-state index in [1.807, 2.05) is 0 Å². The number of nitrogens with one attached hydrogen (secondary N) is 2. The summed E-state index contributed by atoms with van der Waals surface area (Å²) in [6, 6.07) is 0. The largest absolute Gasteiger partial charge is 0.341 e. The van der Waals surface area contributed by atoms with E-state index < -0.39 is 0 Å². The summed E-state index contributed by atoms with van der Waals surface area (Å²) in [7, 11) is 0. The summed E-state index contributed by atoms with van der Waals surface area (Å²) in [5.74, 6) is 0. The minimum atomic E-state index is 0.436. The minimum Gasteiger partial charge on any atom is -0.341 e. The van der Waals surface area contributed by atoms with E-state index in [1.165, 1.54) is 0 Å². The number of hydrogen-bond donors (Lipinski definition) is 2. The van der Waals surface area contributed by atoms with Crippen molar-refractivity contribution in [3.05, 3.63) is 11.0 Å². The Morgan fingerprint density at radius 2 is 2.40 bits per heavy atom. The van der Waals surface area contributed by atoms with Crippen LogP contribution < -0.4 is 0 Å². The Bertz CT molecular complexity index is 401.